The van der Waals surface area contributed by atoms with Gasteiger partial charge in [0.15, 0.2) is 0 Å². The Morgan fingerprint density at radius 3 is 2.75 bits per heavy atom. The lowest BCUT2D eigenvalue weighted by molar-refractivity contribution is 0.0952. The van der Waals surface area contributed by atoms with E-state index < -0.39 is 0 Å². The highest BCUT2D eigenvalue weighted by Gasteiger charge is 2.10. The standard InChI is InChI=1S/C11H12Br3NO/c1-7(12)4-5-15-11(16)9-6-8(13)2-3-10(9)14/h2-3,6-7H,4-5H2,1H3,(H,15,16). The topological polar surface area (TPSA) is 29.1 Å². The molecule has 1 aromatic carbocycles. The maximum atomic E-state index is 11.8. The average molecular weight is 414 g/mol. The van der Waals surface area contributed by atoms with Gasteiger partial charge >= 0.3 is 0 Å². The van der Waals surface area contributed by atoms with Gasteiger partial charge in [-0.2, -0.15) is 0 Å². The minimum atomic E-state index is -0.0543. The summed E-state index contributed by atoms with van der Waals surface area (Å²) in [6, 6.07) is 5.55. The van der Waals surface area contributed by atoms with Crippen LogP contribution in [0.4, 0.5) is 0 Å². The first-order valence-electron chi connectivity index (χ1n) is 4.88. The molecule has 0 saturated carbocycles. The lowest BCUT2D eigenvalue weighted by atomic mass is 10.2. The van der Waals surface area contributed by atoms with Crippen molar-refractivity contribution in [3.05, 3.63) is 32.7 Å². The molecular formula is C11H12Br3NO. The predicted molar refractivity (Wildman–Crippen MR) is 77.2 cm³/mol. The van der Waals surface area contributed by atoms with Gasteiger partial charge in [-0.3, -0.25) is 4.79 Å². The van der Waals surface area contributed by atoms with E-state index in [1.807, 2.05) is 12.1 Å². The fraction of sp³-hybridized carbons (Fsp3) is 0.364. The molecule has 1 rings (SSSR count). The number of amides is 1. The first-order valence-corrected chi connectivity index (χ1v) is 7.38. The summed E-state index contributed by atoms with van der Waals surface area (Å²) >= 11 is 10.1. The molecule has 0 radical (unpaired) electrons. The molecule has 0 spiro atoms. The Kier molecular flexibility index (Phi) is 6.00. The van der Waals surface area contributed by atoms with E-state index in [-0.39, 0.29) is 5.91 Å². The van der Waals surface area contributed by atoms with Crippen LogP contribution in [0.2, 0.25) is 0 Å². The number of alkyl halides is 1. The molecule has 1 aromatic rings. The highest BCUT2D eigenvalue weighted by molar-refractivity contribution is 9.11. The SMILES string of the molecule is CC(Br)CCNC(=O)c1cc(Br)ccc1Br. The zero-order valence-electron chi connectivity index (χ0n) is 8.77. The number of halogens is 3. The maximum Gasteiger partial charge on any atom is 0.252 e. The van der Waals surface area contributed by atoms with Gasteiger partial charge in [0.25, 0.3) is 5.91 Å². The van der Waals surface area contributed by atoms with E-state index in [9.17, 15) is 4.79 Å². The first kappa shape index (κ1) is 14.2. The van der Waals surface area contributed by atoms with Gasteiger partial charge < -0.3 is 5.32 Å². The van der Waals surface area contributed by atoms with Gasteiger partial charge in [-0.1, -0.05) is 38.8 Å². The summed E-state index contributed by atoms with van der Waals surface area (Å²) in [5.74, 6) is -0.0543. The number of rotatable bonds is 4. The number of carbonyl (C=O) groups is 1. The molecule has 1 amide bonds. The number of benzene rings is 1. The molecule has 0 aliphatic heterocycles. The van der Waals surface area contributed by atoms with E-state index in [2.05, 4.69) is 60.0 Å². The molecule has 0 heterocycles. The van der Waals surface area contributed by atoms with Crippen molar-refractivity contribution in [1.82, 2.24) is 5.32 Å². The van der Waals surface area contributed by atoms with Crippen LogP contribution in [0, 0.1) is 0 Å². The monoisotopic (exact) mass is 411 g/mol. The van der Waals surface area contributed by atoms with Gasteiger partial charge in [-0.15, -0.1) is 0 Å². The normalized spacial score (nSPS) is 12.2. The summed E-state index contributed by atoms with van der Waals surface area (Å²) in [6.45, 7) is 2.73. The number of carbonyl (C=O) groups excluding carboxylic acids is 1. The summed E-state index contributed by atoms with van der Waals surface area (Å²) in [5.41, 5.74) is 0.650. The first-order chi connectivity index (χ1) is 7.50. The Labute approximate surface area is 121 Å². The highest BCUT2D eigenvalue weighted by atomic mass is 79.9. The van der Waals surface area contributed by atoms with Gasteiger partial charge in [0.2, 0.25) is 0 Å². The van der Waals surface area contributed by atoms with Crippen molar-refractivity contribution < 1.29 is 4.79 Å². The van der Waals surface area contributed by atoms with Crippen LogP contribution < -0.4 is 5.32 Å². The van der Waals surface area contributed by atoms with Crippen molar-refractivity contribution in [2.45, 2.75) is 18.2 Å². The molecule has 0 aromatic heterocycles. The molecule has 0 bridgehead atoms. The molecule has 2 nitrogen and oxygen atoms in total. The van der Waals surface area contributed by atoms with Crippen molar-refractivity contribution in [3.63, 3.8) is 0 Å². The number of hydrogen-bond acceptors (Lipinski definition) is 1. The van der Waals surface area contributed by atoms with Crippen LogP contribution in [-0.2, 0) is 0 Å². The zero-order valence-corrected chi connectivity index (χ0v) is 13.5. The minimum absolute atomic E-state index is 0.0543. The molecule has 0 fully saturated rings. The third kappa shape index (κ3) is 4.55. The van der Waals surface area contributed by atoms with E-state index in [0.717, 1.165) is 15.4 Å². The third-order valence-electron chi connectivity index (χ3n) is 2.00. The van der Waals surface area contributed by atoms with Crippen LogP contribution >= 0.6 is 47.8 Å². The van der Waals surface area contributed by atoms with Crippen LogP contribution in [0.25, 0.3) is 0 Å². The van der Waals surface area contributed by atoms with Gasteiger partial charge in [-0.25, -0.2) is 0 Å². The van der Waals surface area contributed by atoms with E-state index >= 15 is 0 Å². The van der Waals surface area contributed by atoms with Crippen molar-refractivity contribution in [3.8, 4) is 0 Å². The largest absolute Gasteiger partial charge is 0.352 e. The smallest absolute Gasteiger partial charge is 0.252 e. The molecular weight excluding hydrogens is 402 g/mol. The second kappa shape index (κ2) is 6.77. The molecule has 88 valence electrons. The fourth-order valence-electron chi connectivity index (χ4n) is 1.15. The molecule has 1 atom stereocenters. The average Bonchev–Trinajstić information content (AvgIpc) is 2.21. The molecule has 16 heavy (non-hydrogen) atoms. The van der Waals surface area contributed by atoms with Crippen molar-refractivity contribution >= 4 is 53.7 Å². The second-order valence-electron chi connectivity index (χ2n) is 3.45. The van der Waals surface area contributed by atoms with E-state index in [1.54, 1.807) is 6.07 Å². The summed E-state index contributed by atoms with van der Waals surface area (Å²) in [5, 5.41) is 2.88. The Hall–Kier alpha value is 0.130. The highest BCUT2D eigenvalue weighted by Crippen LogP contribution is 2.21. The fourth-order valence-corrected chi connectivity index (χ4v) is 2.17. The van der Waals surface area contributed by atoms with Gasteiger partial charge in [-0.05, 0) is 40.5 Å². The van der Waals surface area contributed by atoms with Crippen LogP contribution in [0.15, 0.2) is 27.1 Å². The third-order valence-corrected chi connectivity index (χ3v) is 3.64. The maximum absolute atomic E-state index is 11.8. The molecule has 0 aliphatic rings. The van der Waals surface area contributed by atoms with E-state index in [4.69, 9.17) is 0 Å². The summed E-state index contributed by atoms with van der Waals surface area (Å²) < 4.78 is 1.70. The van der Waals surface area contributed by atoms with E-state index in [0.29, 0.717) is 16.9 Å². The van der Waals surface area contributed by atoms with Crippen LogP contribution in [0.1, 0.15) is 23.7 Å². The Bertz CT molecular complexity index is 379. The molecule has 0 saturated heterocycles. The molecule has 5 heteroatoms. The zero-order chi connectivity index (χ0) is 12.1. The van der Waals surface area contributed by atoms with Crippen molar-refractivity contribution in [1.29, 1.82) is 0 Å². The number of nitrogens with one attached hydrogen (secondary N) is 1. The van der Waals surface area contributed by atoms with Crippen LogP contribution in [-0.4, -0.2) is 17.3 Å². The second-order valence-corrected chi connectivity index (χ2v) is 6.78. The Balaban J connectivity index is 2.62. The Morgan fingerprint density at radius 1 is 1.44 bits per heavy atom. The van der Waals surface area contributed by atoms with Crippen LogP contribution in [0.5, 0.6) is 0 Å². The molecule has 1 unspecified atom stereocenters. The minimum Gasteiger partial charge on any atom is -0.352 e. The van der Waals surface area contributed by atoms with Crippen LogP contribution in [0.3, 0.4) is 0 Å². The van der Waals surface area contributed by atoms with E-state index in [1.165, 1.54) is 0 Å². The van der Waals surface area contributed by atoms with Crippen molar-refractivity contribution in [2.24, 2.45) is 0 Å². The lowest BCUT2D eigenvalue weighted by Gasteiger charge is -2.08. The van der Waals surface area contributed by atoms with Gasteiger partial charge in [0.1, 0.15) is 0 Å². The Morgan fingerprint density at radius 2 is 2.12 bits per heavy atom. The van der Waals surface area contributed by atoms with Gasteiger partial charge in [0.05, 0.1) is 5.56 Å². The molecule has 0 aliphatic carbocycles. The van der Waals surface area contributed by atoms with Crippen molar-refractivity contribution in [2.75, 3.05) is 6.54 Å². The summed E-state index contributed by atoms with van der Waals surface area (Å²) in [7, 11) is 0. The van der Waals surface area contributed by atoms with Gasteiger partial charge in [0, 0.05) is 20.3 Å². The quantitative estimate of drug-likeness (QED) is 0.739. The predicted octanol–water partition coefficient (Wildman–Crippen LogP) is 4.11. The molecule has 1 N–H and O–H groups in total. The lowest BCUT2D eigenvalue weighted by Crippen LogP contribution is -2.26. The number of hydrogen-bond donors (Lipinski definition) is 1. The summed E-state index contributed by atoms with van der Waals surface area (Å²) in [6.07, 6.45) is 0.914. The summed E-state index contributed by atoms with van der Waals surface area (Å²) in [4.78, 5) is 12.2.